The highest BCUT2D eigenvalue weighted by Crippen LogP contribution is 2.24. The second kappa shape index (κ2) is 6.57. The molecule has 2 atom stereocenters. The van der Waals surface area contributed by atoms with Crippen LogP contribution in [0.15, 0.2) is 24.3 Å². The van der Waals surface area contributed by atoms with E-state index in [0.717, 1.165) is 51.6 Å². The summed E-state index contributed by atoms with van der Waals surface area (Å²) < 4.78 is 11.4. The number of hydrogen-bond acceptors (Lipinski definition) is 4. The molecule has 4 nitrogen and oxygen atoms in total. The van der Waals surface area contributed by atoms with Gasteiger partial charge in [-0.15, -0.1) is 0 Å². The van der Waals surface area contributed by atoms with Crippen LogP contribution in [0.4, 0.5) is 0 Å². The van der Waals surface area contributed by atoms with Gasteiger partial charge in [-0.05, 0) is 19.4 Å². The normalized spacial score (nSPS) is 25.4. The zero-order valence-electron chi connectivity index (χ0n) is 12.2. The van der Waals surface area contributed by atoms with Gasteiger partial charge in [0.2, 0.25) is 0 Å². The van der Waals surface area contributed by atoms with Gasteiger partial charge in [0.15, 0.2) is 0 Å². The first-order valence-electron chi connectivity index (χ1n) is 7.59. The Morgan fingerprint density at radius 3 is 3.10 bits per heavy atom. The Morgan fingerprint density at radius 2 is 2.25 bits per heavy atom. The minimum Gasteiger partial charge on any atom is -0.492 e. The third kappa shape index (κ3) is 3.32. The molecule has 0 aliphatic carbocycles. The van der Waals surface area contributed by atoms with E-state index in [1.807, 2.05) is 6.07 Å². The lowest BCUT2D eigenvalue weighted by Crippen LogP contribution is -2.46. The molecule has 2 heterocycles. The van der Waals surface area contributed by atoms with Crippen LogP contribution in [0.2, 0.25) is 0 Å². The third-order valence-electron chi connectivity index (χ3n) is 4.23. The highest BCUT2D eigenvalue weighted by atomic mass is 16.5. The number of benzene rings is 1. The second-order valence-electron chi connectivity index (χ2n) is 5.74. The van der Waals surface area contributed by atoms with E-state index in [0.29, 0.717) is 12.1 Å². The van der Waals surface area contributed by atoms with Gasteiger partial charge in [0.1, 0.15) is 12.4 Å². The summed E-state index contributed by atoms with van der Waals surface area (Å²) in [4.78, 5) is 2.52. The molecule has 1 N–H and O–H groups in total. The lowest BCUT2D eigenvalue weighted by Gasteiger charge is -2.32. The van der Waals surface area contributed by atoms with Crippen molar-refractivity contribution in [2.75, 3.05) is 32.9 Å². The van der Waals surface area contributed by atoms with E-state index in [2.05, 4.69) is 35.3 Å². The fraction of sp³-hybridized carbons (Fsp3) is 0.625. The second-order valence-corrected chi connectivity index (χ2v) is 5.74. The van der Waals surface area contributed by atoms with Gasteiger partial charge in [-0.3, -0.25) is 4.90 Å². The molecule has 1 aromatic carbocycles. The van der Waals surface area contributed by atoms with Gasteiger partial charge in [-0.2, -0.15) is 0 Å². The SMILES string of the molecule is CC(CC1COCCN1)N1CCOc2ccccc2C1. The van der Waals surface area contributed by atoms with E-state index in [1.54, 1.807) is 0 Å². The van der Waals surface area contributed by atoms with Crippen molar-refractivity contribution in [2.45, 2.75) is 32.0 Å². The third-order valence-corrected chi connectivity index (χ3v) is 4.23. The Morgan fingerprint density at radius 1 is 1.35 bits per heavy atom. The van der Waals surface area contributed by atoms with Crippen LogP contribution < -0.4 is 10.1 Å². The van der Waals surface area contributed by atoms with Gasteiger partial charge in [0.25, 0.3) is 0 Å². The average molecular weight is 276 g/mol. The molecule has 2 unspecified atom stereocenters. The van der Waals surface area contributed by atoms with Crippen LogP contribution in [0.1, 0.15) is 18.9 Å². The first-order valence-corrected chi connectivity index (χ1v) is 7.59. The Hall–Kier alpha value is -1.10. The number of fused-ring (bicyclic) bond motifs is 1. The molecule has 2 aliphatic heterocycles. The van der Waals surface area contributed by atoms with E-state index in [9.17, 15) is 0 Å². The van der Waals surface area contributed by atoms with Gasteiger partial charge in [-0.25, -0.2) is 0 Å². The fourth-order valence-electron chi connectivity index (χ4n) is 3.05. The van der Waals surface area contributed by atoms with Crippen LogP contribution in [0.5, 0.6) is 5.75 Å². The molecule has 20 heavy (non-hydrogen) atoms. The Balaban J connectivity index is 1.61. The van der Waals surface area contributed by atoms with Crippen LogP contribution >= 0.6 is 0 Å². The Bertz CT molecular complexity index is 432. The minimum absolute atomic E-state index is 0.484. The fourth-order valence-corrected chi connectivity index (χ4v) is 3.05. The number of para-hydroxylation sites is 1. The maximum absolute atomic E-state index is 5.84. The van der Waals surface area contributed by atoms with E-state index in [-0.39, 0.29) is 0 Å². The quantitative estimate of drug-likeness (QED) is 0.910. The summed E-state index contributed by atoms with van der Waals surface area (Å²) in [6.45, 7) is 7.71. The molecule has 0 aromatic heterocycles. The van der Waals surface area contributed by atoms with Crippen molar-refractivity contribution in [3.05, 3.63) is 29.8 Å². The molecule has 110 valence electrons. The predicted molar refractivity (Wildman–Crippen MR) is 79.0 cm³/mol. The van der Waals surface area contributed by atoms with Gasteiger partial charge >= 0.3 is 0 Å². The van der Waals surface area contributed by atoms with Crippen LogP contribution in [-0.4, -0.2) is 49.9 Å². The average Bonchev–Trinajstić information content (AvgIpc) is 2.70. The summed E-state index contributed by atoms with van der Waals surface area (Å²) in [5.41, 5.74) is 1.30. The summed E-state index contributed by atoms with van der Waals surface area (Å²) in [6.07, 6.45) is 1.13. The Kier molecular flexibility index (Phi) is 4.55. The van der Waals surface area contributed by atoms with Crippen molar-refractivity contribution < 1.29 is 9.47 Å². The molecule has 0 bridgehead atoms. The minimum atomic E-state index is 0.484. The summed E-state index contributed by atoms with van der Waals surface area (Å²) in [7, 11) is 0. The number of ether oxygens (including phenoxy) is 2. The van der Waals surface area contributed by atoms with Gasteiger partial charge < -0.3 is 14.8 Å². The molecular weight excluding hydrogens is 252 g/mol. The molecule has 1 aromatic rings. The molecular formula is C16H24N2O2. The monoisotopic (exact) mass is 276 g/mol. The zero-order valence-corrected chi connectivity index (χ0v) is 12.2. The van der Waals surface area contributed by atoms with E-state index >= 15 is 0 Å². The van der Waals surface area contributed by atoms with Crippen LogP contribution in [0, 0.1) is 0 Å². The van der Waals surface area contributed by atoms with Gasteiger partial charge in [-0.1, -0.05) is 18.2 Å². The molecule has 0 spiro atoms. The van der Waals surface area contributed by atoms with E-state index < -0.39 is 0 Å². The number of morpholine rings is 1. The van der Waals surface area contributed by atoms with Crippen molar-refractivity contribution in [1.29, 1.82) is 0 Å². The predicted octanol–water partition coefficient (Wildman–Crippen LogP) is 1.65. The molecule has 3 rings (SSSR count). The number of hydrogen-bond donors (Lipinski definition) is 1. The van der Waals surface area contributed by atoms with Gasteiger partial charge in [0, 0.05) is 37.3 Å². The summed E-state index contributed by atoms with van der Waals surface area (Å²) in [5, 5.41) is 3.54. The zero-order chi connectivity index (χ0) is 13.8. The smallest absolute Gasteiger partial charge is 0.123 e. The first-order chi connectivity index (χ1) is 9.83. The molecule has 1 saturated heterocycles. The number of rotatable bonds is 3. The lowest BCUT2D eigenvalue weighted by atomic mass is 10.1. The van der Waals surface area contributed by atoms with Gasteiger partial charge in [0.05, 0.1) is 13.2 Å². The Labute approximate surface area is 121 Å². The highest BCUT2D eigenvalue weighted by Gasteiger charge is 2.23. The van der Waals surface area contributed by atoms with Crippen LogP contribution in [0.3, 0.4) is 0 Å². The standard InChI is InChI=1S/C16H24N2O2/c1-13(10-15-12-19-8-6-17-15)18-7-9-20-16-5-3-2-4-14(16)11-18/h2-5,13,15,17H,6-12H2,1H3. The van der Waals surface area contributed by atoms with Crippen molar-refractivity contribution in [2.24, 2.45) is 0 Å². The van der Waals surface area contributed by atoms with E-state index in [1.165, 1.54) is 5.56 Å². The molecule has 0 saturated carbocycles. The molecule has 1 fully saturated rings. The number of nitrogens with one attached hydrogen (secondary N) is 1. The van der Waals surface area contributed by atoms with Crippen molar-refractivity contribution in [1.82, 2.24) is 10.2 Å². The molecule has 2 aliphatic rings. The van der Waals surface area contributed by atoms with Crippen molar-refractivity contribution in [3.63, 3.8) is 0 Å². The van der Waals surface area contributed by atoms with Crippen LogP contribution in [0.25, 0.3) is 0 Å². The molecule has 0 radical (unpaired) electrons. The molecule has 4 heteroatoms. The largest absolute Gasteiger partial charge is 0.492 e. The highest BCUT2D eigenvalue weighted by molar-refractivity contribution is 5.33. The number of nitrogens with zero attached hydrogens (tertiary/aromatic N) is 1. The van der Waals surface area contributed by atoms with Crippen molar-refractivity contribution in [3.8, 4) is 5.75 Å². The first kappa shape index (κ1) is 13.9. The summed E-state index contributed by atoms with van der Waals surface area (Å²) >= 11 is 0. The van der Waals surface area contributed by atoms with Crippen molar-refractivity contribution >= 4 is 0 Å². The maximum Gasteiger partial charge on any atom is 0.123 e. The lowest BCUT2D eigenvalue weighted by molar-refractivity contribution is 0.0602. The maximum atomic E-state index is 5.84. The topological polar surface area (TPSA) is 33.7 Å². The van der Waals surface area contributed by atoms with E-state index in [4.69, 9.17) is 9.47 Å². The summed E-state index contributed by atoms with van der Waals surface area (Å²) in [6, 6.07) is 9.39. The van der Waals surface area contributed by atoms with Crippen LogP contribution in [-0.2, 0) is 11.3 Å². The molecule has 0 amide bonds. The summed E-state index contributed by atoms with van der Waals surface area (Å²) in [5.74, 6) is 1.04.